The van der Waals surface area contributed by atoms with Gasteiger partial charge in [0.15, 0.2) is 0 Å². The molecule has 1 N–H and O–H groups in total. The van der Waals surface area contributed by atoms with E-state index in [1.807, 2.05) is 11.0 Å². The maximum Gasteiger partial charge on any atom is 0.323 e. The van der Waals surface area contributed by atoms with E-state index in [1.165, 1.54) is 16.0 Å². The summed E-state index contributed by atoms with van der Waals surface area (Å²) in [6.07, 6.45) is 4.05. The van der Waals surface area contributed by atoms with E-state index in [4.69, 9.17) is 0 Å². The summed E-state index contributed by atoms with van der Waals surface area (Å²) in [5, 5.41) is 4.40. The van der Waals surface area contributed by atoms with Gasteiger partial charge >= 0.3 is 6.03 Å². The second-order valence-electron chi connectivity index (χ2n) is 9.09. The molecule has 0 radical (unpaired) electrons. The molecule has 1 saturated carbocycles. The normalized spacial score (nSPS) is 25.9. The molecule has 1 aliphatic heterocycles. The zero-order valence-electron chi connectivity index (χ0n) is 18.2. The molecule has 2 fully saturated rings. The van der Waals surface area contributed by atoms with Gasteiger partial charge in [-0.25, -0.2) is 4.79 Å². The Kier molecular flexibility index (Phi) is 5.11. The predicted octanol–water partition coefficient (Wildman–Crippen LogP) is 5.71. The molecule has 4 nitrogen and oxygen atoms in total. The zero-order chi connectivity index (χ0) is 21.5. The fraction of sp³-hybridized carbons (Fsp3) is 0.346. The minimum absolute atomic E-state index is 0.0358. The summed E-state index contributed by atoms with van der Waals surface area (Å²) >= 11 is 1.69. The van der Waals surface area contributed by atoms with Crippen LogP contribution in [0.4, 0.5) is 9.80 Å². The van der Waals surface area contributed by atoms with Gasteiger partial charge in [-0.3, -0.25) is 9.80 Å². The lowest BCUT2D eigenvalue weighted by Gasteiger charge is -2.48. The fourth-order valence-corrected chi connectivity index (χ4v) is 6.29. The molecule has 0 unspecified atom stereocenters. The molecule has 0 bridgehead atoms. The Hall–Kier alpha value is -2.63. The molecule has 2 amide bonds. The van der Waals surface area contributed by atoms with Crippen LogP contribution in [0.5, 0.6) is 0 Å². The van der Waals surface area contributed by atoms with Crippen molar-refractivity contribution < 1.29 is 4.79 Å². The highest BCUT2D eigenvalue weighted by Crippen LogP contribution is 2.47. The van der Waals surface area contributed by atoms with Crippen LogP contribution >= 0.6 is 11.3 Å². The van der Waals surface area contributed by atoms with Crippen LogP contribution in [0, 0.1) is 0 Å². The van der Waals surface area contributed by atoms with Crippen molar-refractivity contribution in [2.24, 2.45) is 0 Å². The fourth-order valence-electron chi connectivity index (χ4n) is 5.28. The summed E-state index contributed by atoms with van der Waals surface area (Å²) in [6.45, 7) is 0.749. The van der Waals surface area contributed by atoms with Crippen molar-refractivity contribution in [1.82, 2.24) is 10.2 Å². The monoisotopic (exact) mass is 431 g/mol. The van der Waals surface area contributed by atoms with Crippen molar-refractivity contribution in [3.05, 3.63) is 78.4 Å². The van der Waals surface area contributed by atoms with Crippen molar-refractivity contribution in [3.63, 3.8) is 0 Å². The number of thiophene rings is 1. The maximum atomic E-state index is 13.0. The number of benzene rings is 2. The molecule has 1 spiro atoms. The molecule has 5 heteroatoms. The zero-order valence-corrected chi connectivity index (χ0v) is 19.0. The molecule has 0 atom stereocenters. The third kappa shape index (κ3) is 3.56. The molecule has 160 valence electrons. The standard InChI is InChI=1S/C26H29N3OS/c1-28(2)26(21-11-7-4-8-12-21)17-15-25(16-18-26)19-29(24(30)27-25)23-14-13-22(31-23)20-9-5-3-6-10-20/h3-14H,15-19H2,1-2H3,(H,27,30). The van der Waals surface area contributed by atoms with Crippen LogP contribution in [0.15, 0.2) is 72.8 Å². The number of nitrogens with zero attached hydrogens (tertiary/aromatic N) is 2. The van der Waals surface area contributed by atoms with Crippen LogP contribution in [0.25, 0.3) is 10.4 Å². The molecule has 3 aromatic rings. The lowest BCUT2D eigenvalue weighted by Crippen LogP contribution is -2.54. The van der Waals surface area contributed by atoms with Crippen LogP contribution < -0.4 is 10.2 Å². The Labute approximate surface area is 188 Å². The summed E-state index contributed by atoms with van der Waals surface area (Å²) in [7, 11) is 4.36. The maximum absolute atomic E-state index is 13.0. The lowest BCUT2D eigenvalue weighted by molar-refractivity contribution is 0.0658. The number of nitrogens with one attached hydrogen (secondary N) is 1. The molecule has 1 aromatic heterocycles. The molecule has 2 aliphatic rings. The Morgan fingerprint density at radius 3 is 2.16 bits per heavy atom. The van der Waals surface area contributed by atoms with Gasteiger partial charge < -0.3 is 5.32 Å². The third-order valence-corrected chi connectivity index (χ3v) is 8.35. The number of carbonyl (C=O) groups excluding carboxylic acids is 1. The molecule has 2 heterocycles. The summed E-state index contributed by atoms with van der Waals surface area (Å²) < 4.78 is 0. The van der Waals surface area contributed by atoms with Crippen molar-refractivity contribution in [1.29, 1.82) is 0 Å². The van der Waals surface area contributed by atoms with E-state index in [0.29, 0.717) is 0 Å². The van der Waals surface area contributed by atoms with Crippen LogP contribution in [0.1, 0.15) is 31.2 Å². The number of amides is 2. The quantitative estimate of drug-likeness (QED) is 0.574. The van der Waals surface area contributed by atoms with Gasteiger partial charge in [-0.05, 0) is 63.0 Å². The number of carbonyl (C=O) groups is 1. The summed E-state index contributed by atoms with van der Waals surface area (Å²) in [4.78, 5) is 18.5. The van der Waals surface area contributed by atoms with E-state index < -0.39 is 0 Å². The number of urea groups is 1. The van der Waals surface area contributed by atoms with E-state index in [-0.39, 0.29) is 17.1 Å². The van der Waals surface area contributed by atoms with Crippen LogP contribution in [-0.4, -0.2) is 37.1 Å². The Morgan fingerprint density at radius 2 is 1.52 bits per heavy atom. The van der Waals surface area contributed by atoms with Gasteiger partial charge in [0.25, 0.3) is 0 Å². The van der Waals surface area contributed by atoms with Crippen LogP contribution in [0.3, 0.4) is 0 Å². The Bertz CT molecular complexity index is 1050. The molecule has 31 heavy (non-hydrogen) atoms. The van der Waals surface area contributed by atoms with E-state index in [0.717, 1.165) is 37.2 Å². The van der Waals surface area contributed by atoms with Crippen molar-refractivity contribution in [2.75, 3.05) is 25.5 Å². The molecule has 1 aliphatic carbocycles. The molecule has 5 rings (SSSR count). The first-order valence-electron chi connectivity index (χ1n) is 11.0. The second kappa shape index (κ2) is 7.81. The van der Waals surface area contributed by atoms with Gasteiger partial charge in [0.2, 0.25) is 0 Å². The van der Waals surface area contributed by atoms with Gasteiger partial charge in [0.1, 0.15) is 0 Å². The van der Waals surface area contributed by atoms with E-state index in [9.17, 15) is 4.79 Å². The van der Waals surface area contributed by atoms with Crippen molar-refractivity contribution in [3.8, 4) is 10.4 Å². The Morgan fingerprint density at radius 1 is 0.871 bits per heavy atom. The summed E-state index contributed by atoms with van der Waals surface area (Å²) in [6, 6.07) is 25.5. The number of rotatable bonds is 4. The Balaban J connectivity index is 1.34. The van der Waals surface area contributed by atoms with E-state index >= 15 is 0 Å². The van der Waals surface area contributed by atoms with Crippen LogP contribution in [-0.2, 0) is 5.54 Å². The number of hydrogen-bond acceptors (Lipinski definition) is 3. The van der Waals surface area contributed by atoms with Crippen LogP contribution in [0.2, 0.25) is 0 Å². The predicted molar refractivity (Wildman–Crippen MR) is 129 cm³/mol. The topological polar surface area (TPSA) is 35.6 Å². The average molecular weight is 432 g/mol. The second-order valence-corrected chi connectivity index (χ2v) is 10.2. The van der Waals surface area contributed by atoms with Crippen molar-refractivity contribution >= 4 is 22.4 Å². The molecular formula is C26H29N3OS. The number of anilines is 1. The van der Waals surface area contributed by atoms with Crippen molar-refractivity contribution in [2.45, 2.75) is 36.8 Å². The lowest BCUT2D eigenvalue weighted by atomic mass is 9.69. The van der Waals surface area contributed by atoms with E-state index in [1.54, 1.807) is 11.3 Å². The van der Waals surface area contributed by atoms with Gasteiger partial charge in [-0.15, -0.1) is 11.3 Å². The van der Waals surface area contributed by atoms with Gasteiger partial charge in [0.05, 0.1) is 17.1 Å². The highest BCUT2D eigenvalue weighted by atomic mass is 32.1. The average Bonchev–Trinajstić information content (AvgIpc) is 3.40. The largest absolute Gasteiger partial charge is 0.330 e. The first-order chi connectivity index (χ1) is 15.0. The SMILES string of the molecule is CN(C)C1(c2ccccc2)CCC2(CC1)CN(c1ccc(-c3ccccc3)s1)C(=O)N2. The molecular weight excluding hydrogens is 402 g/mol. The summed E-state index contributed by atoms with van der Waals surface area (Å²) in [5.74, 6) is 0. The van der Waals surface area contributed by atoms with E-state index in [2.05, 4.69) is 91.0 Å². The first-order valence-corrected chi connectivity index (χ1v) is 11.8. The minimum Gasteiger partial charge on any atom is -0.330 e. The highest BCUT2D eigenvalue weighted by Gasteiger charge is 2.50. The van der Waals surface area contributed by atoms with Gasteiger partial charge in [0, 0.05) is 10.4 Å². The highest BCUT2D eigenvalue weighted by molar-refractivity contribution is 7.19. The summed E-state index contributed by atoms with van der Waals surface area (Å²) in [5.41, 5.74) is 2.47. The number of hydrogen-bond donors (Lipinski definition) is 1. The first kappa shape index (κ1) is 20.3. The van der Waals surface area contributed by atoms with Gasteiger partial charge in [-0.2, -0.15) is 0 Å². The third-order valence-electron chi connectivity index (χ3n) is 7.20. The minimum atomic E-state index is -0.137. The molecule has 1 saturated heterocycles. The smallest absolute Gasteiger partial charge is 0.323 e. The van der Waals surface area contributed by atoms with Gasteiger partial charge in [-0.1, -0.05) is 60.7 Å². The molecule has 2 aromatic carbocycles.